The normalized spacial score (nSPS) is 12.0. The second-order valence-corrected chi connectivity index (χ2v) is 6.47. The molecule has 0 fully saturated rings. The number of aryl methyl sites for hydroxylation is 2. The van der Waals surface area contributed by atoms with Gasteiger partial charge in [0.05, 0.1) is 24.2 Å². The number of furan rings is 1. The van der Waals surface area contributed by atoms with Crippen LogP contribution < -0.4 is 10.5 Å². The van der Waals surface area contributed by atoms with Crippen LogP contribution in [0.1, 0.15) is 23.6 Å². The highest BCUT2D eigenvalue weighted by molar-refractivity contribution is 7.89. The smallest absolute Gasteiger partial charge is 0.244 e. The Morgan fingerprint density at radius 3 is 2.81 bits per heavy atom. The number of aromatic nitrogens is 2. The van der Waals surface area contributed by atoms with Crippen LogP contribution in [0.25, 0.3) is 0 Å². The monoisotopic (exact) mass is 312 g/mol. The van der Waals surface area contributed by atoms with Gasteiger partial charge in [0.25, 0.3) is 0 Å². The van der Waals surface area contributed by atoms with E-state index in [2.05, 4.69) is 9.82 Å². The fraction of sp³-hybridized carbons (Fsp3) is 0.462. The highest BCUT2D eigenvalue weighted by Crippen LogP contribution is 2.19. The Morgan fingerprint density at radius 2 is 2.19 bits per heavy atom. The quantitative estimate of drug-likeness (QED) is 0.791. The van der Waals surface area contributed by atoms with Crippen LogP contribution in [0.15, 0.2) is 27.7 Å². The summed E-state index contributed by atoms with van der Waals surface area (Å²) in [6, 6.07) is 3.43. The van der Waals surface area contributed by atoms with E-state index in [4.69, 9.17) is 10.2 Å². The van der Waals surface area contributed by atoms with Gasteiger partial charge in [-0.05, 0) is 38.9 Å². The van der Waals surface area contributed by atoms with Gasteiger partial charge < -0.3 is 10.2 Å². The standard InChI is InChI=1S/C13H20N4O3S/c1-10-13(11(2)17(16-10)7-4-6-14)21(18,19)15-9-12-5-3-8-20-12/h3,5,8,15H,4,6-7,9,14H2,1-2H3. The van der Waals surface area contributed by atoms with Crippen molar-refractivity contribution < 1.29 is 12.8 Å². The Hall–Kier alpha value is -1.64. The van der Waals surface area contributed by atoms with Gasteiger partial charge in [-0.25, -0.2) is 13.1 Å². The van der Waals surface area contributed by atoms with Crippen LogP contribution in [0.5, 0.6) is 0 Å². The van der Waals surface area contributed by atoms with E-state index in [1.807, 2.05) is 0 Å². The van der Waals surface area contributed by atoms with Crippen LogP contribution in [0.2, 0.25) is 0 Å². The minimum absolute atomic E-state index is 0.113. The first-order chi connectivity index (χ1) is 9.95. The number of hydrogen-bond acceptors (Lipinski definition) is 5. The van der Waals surface area contributed by atoms with Crippen molar-refractivity contribution in [1.29, 1.82) is 0 Å². The Labute approximate surface area is 124 Å². The third-order valence-electron chi connectivity index (χ3n) is 3.17. The number of sulfonamides is 1. The van der Waals surface area contributed by atoms with Gasteiger partial charge in [-0.2, -0.15) is 5.10 Å². The summed E-state index contributed by atoms with van der Waals surface area (Å²) in [5.41, 5.74) is 6.58. The molecule has 2 aromatic rings. The van der Waals surface area contributed by atoms with Crippen LogP contribution in [0.3, 0.4) is 0 Å². The minimum atomic E-state index is -3.63. The maximum absolute atomic E-state index is 12.4. The van der Waals surface area contributed by atoms with E-state index < -0.39 is 10.0 Å². The predicted octanol–water partition coefficient (Wildman–Crippen LogP) is 0.920. The first kappa shape index (κ1) is 15.7. The number of hydrogen-bond donors (Lipinski definition) is 2. The average Bonchev–Trinajstić information content (AvgIpc) is 3.03. The van der Waals surface area contributed by atoms with E-state index in [0.717, 1.165) is 6.42 Å². The molecule has 0 aliphatic carbocycles. The SMILES string of the molecule is Cc1nn(CCCN)c(C)c1S(=O)(=O)NCc1ccco1. The Bertz CT molecular complexity index is 689. The van der Waals surface area contributed by atoms with E-state index in [-0.39, 0.29) is 11.4 Å². The maximum Gasteiger partial charge on any atom is 0.244 e. The molecule has 0 saturated carbocycles. The van der Waals surface area contributed by atoms with Crippen molar-refractivity contribution in [2.24, 2.45) is 5.73 Å². The van der Waals surface area contributed by atoms with Crippen molar-refractivity contribution in [2.45, 2.75) is 38.3 Å². The Kier molecular flexibility index (Phi) is 4.81. The molecule has 0 spiro atoms. The number of nitrogens with zero attached hydrogens (tertiary/aromatic N) is 2. The molecule has 0 bridgehead atoms. The zero-order valence-electron chi connectivity index (χ0n) is 12.2. The molecule has 0 aromatic carbocycles. The molecule has 0 amide bonds. The zero-order chi connectivity index (χ0) is 15.5. The van der Waals surface area contributed by atoms with Crippen LogP contribution in [0, 0.1) is 13.8 Å². The van der Waals surface area contributed by atoms with Crippen molar-refractivity contribution in [1.82, 2.24) is 14.5 Å². The average molecular weight is 312 g/mol. The molecule has 21 heavy (non-hydrogen) atoms. The van der Waals surface area contributed by atoms with Gasteiger partial charge in [-0.3, -0.25) is 4.68 Å². The molecule has 0 unspecified atom stereocenters. The largest absolute Gasteiger partial charge is 0.468 e. The van der Waals surface area contributed by atoms with Gasteiger partial charge in [0, 0.05) is 6.54 Å². The van der Waals surface area contributed by atoms with Gasteiger partial charge in [-0.1, -0.05) is 0 Å². The first-order valence-electron chi connectivity index (χ1n) is 6.72. The van der Waals surface area contributed by atoms with E-state index in [0.29, 0.717) is 30.2 Å². The van der Waals surface area contributed by atoms with Gasteiger partial charge in [-0.15, -0.1) is 0 Å². The molecule has 8 heteroatoms. The number of nitrogens with two attached hydrogens (primary N) is 1. The second-order valence-electron chi connectivity index (χ2n) is 4.77. The summed E-state index contributed by atoms with van der Waals surface area (Å²) in [4.78, 5) is 0.228. The fourth-order valence-electron chi connectivity index (χ4n) is 2.18. The summed E-state index contributed by atoms with van der Waals surface area (Å²) >= 11 is 0. The van der Waals surface area contributed by atoms with E-state index in [9.17, 15) is 8.42 Å². The zero-order valence-corrected chi connectivity index (χ0v) is 13.0. The lowest BCUT2D eigenvalue weighted by Gasteiger charge is -2.07. The topological polar surface area (TPSA) is 103 Å². The molecule has 0 saturated heterocycles. The number of nitrogens with one attached hydrogen (secondary N) is 1. The third kappa shape index (κ3) is 3.52. The summed E-state index contributed by atoms with van der Waals surface area (Å²) in [6.07, 6.45) is 2.26. The lowest BCUT2D eigenvalue weighted by Crippen LogP contribution is -2.24. The van der Waals surface area contributed by atoms with Crippen LogP contribution in [0.4, 0.5) is 0 Å². The molecule has 7 nitrogen and oxygen atoms in total. The minimum Gasteiger partial charge on any atom is -0.468 e. The third-order valence-corrected chi connectivity index (χ3v) is 4.83. The van der Waals surface area contributed by atoms with Crippen molar-refractivity contribution in [2.75, 3.05) is 6.54 Å². The second kappa shape index (κ2) is 6.42. The van der Waals surface area contributed by atoms with Gasteiger partial charge in [0.1, 0.15) is 10.7 Å². The molecule has 2 rings (SSSR count). The molecule has 3 N–H and O–H groups in total. The van der Waals surface area contributed by atoms with Crippen LogP contribution in [-0.2, 0) is 23.1 Å². The first-order valence-corrected chi connectivity index (χ1v) is 8.20. The molecule has 2 aromatic heterocycles. The van der Waals surface area contributed by atoms with Crippen molar-refractivity contribution in [3.05, 3.63) is 35.5 Å². The van der Waals surface area contributed by atoms with Crippen molar-refractivity contribution in [3.63, 3.8) is 0 Å². The molecule has 2 heterocycles. The van der Waals surface area contributed by atoms with Gasteiger partial charge >= 0.3 is 0 Å². The highest BCUT2D eigenvalue weighted by atomic mass is 32.2. The van der Waals surface area contributed by atoms with E-state index in [1.165, 1.54) is 6.26 Å². The summed E-state index contributed by atoms with van der Waals surface area (Å²) in [7, 11) is -3.63. The van der Waals surface area contributed by atoms with E-state index >= 15 is 0 Å². The van der Waals surface area contributed by atoms with Gasteiger partial charge in [0.2, 0.25) is 10.0 Å². The molecule has 0 radical (unpaired) electrons. The molecule has 0 atom stereocenters. The summed E-state index contributed by atoms with van der Waals surface area (Å²) < 4.78 is 34.2. The summed E-state index contributed by atoms with van der Waals surface area (Å²) in [6.45, 7) is 4.70. The lowest BCUT2D eigenvalue weighted by molar-refractivity contribution is 0.498. The fourth-order valence-corrected chi connectivity index (χ4v) is 3.58. The van der Waals surface area contributed by atoms with Crippen LogP contribution in [-0.4, -0.2) is 24.7 Å². The molecule has 116 valence electrons. The van der Waals surface area contributed by atoms with Crippen LogP contribution >= 0.6 is 0 Å². The lowest BCUT2D eigenvalue weighted by atomic mass is 10.4. The molecular weight excluding hydrogens is 292 g/mol. The predicted molar refractivity (Wildman–Crippen MR) is 78.1 cm³/mol. The highest BCUT2D eigenvalue weighted by Gasteiger charge is 2.24. The summed E-state index contributed by atoms with van der Waals surface area (Å²) in [5, 5.41) is 4.28. The Morgan fingerprint density at radius 1 is 1.43 bits per heavy atom. The molecule has 0 aliphatic heterocycles. The summed E-state index contributed by atoms with van der Waals surface area (Å²) in [5.74, 6) is 0.560. The maximum atomic E-state index is 12.4. The van der Waals surface area contributed by atoms with Crippen molar-refractivity contribution in [3.8, 4) is 0 Å². The van der Waals surface area contributed by atoms with Gasteiger partial charge in [0.15, 0.2) is 0 Å². The number of rotatable bonds is 7. The molecule has 0 aliphatic rings. The van der Waals surface area contributed by atoms with Crippen molar-refractivity contribution >= 4 is 10.0 Å². The Balaban J connectivity index is 2.21. The van der Waals surface area contributed by atoms with E-state index in [1.54, 1.807) is 30.7 Å². The molecular formula is C13H20N4O3S.